The van der Waals surface area contributed by atoms with Crippen LogP contribution in [0.25, 0.3) is 0 Å². The maximum absolute atomic E-state index is 4.08. The van der Waals surface area contributed by atoms with E-state index in [0.29, 0.717) is 0 Å². The third kappa shape index (κ3) is 8.68. The number of hydrogen-bond donors (Lipinski definition) is 0. The summed E-state index contributed by atoms with van der Waals surface area (Å²) in [5.74, 6) is 0.829. The van der Waals surface area contributed by atoms with Gasteiger partial charge in [-0.25, -0.2) is 9.97 Å². The van der Waals surface area contributed by atoms with Gasteiger partial charge in [0.2, 0.25) is 0 Å². The topological polar surface area (TPSA) is 64.5 Å². The van der Waals surface area contributed by atoms with E-state index in [4.69, 9.17) is 0 Å². The number of rotatable bonds is 0. The van der Waals surface area contributed by atoms with Crippen molar-refractivity contribution in [2.24, 2.45) is 0 Å². The predicted molar refractivity (Wildman–Crippen MR) is 96.7 cm³/mol. The smallest absolute Gasteiger partial charge is 0.125 e. The van der Waals surface area contributed by atoms with E-state index in [9.17, 15) is 0 Å². The molecule has 3 aromatic heterocycles. The van der Waals surface area contributed by atoms with E-state index in [0.717, 1.165) is 28.5 Å². The van der Waals surface area contributed by atoms with Crippen LogP contribution >= 0.6 is 0 Å². The van der Waals surface area contributed by atoms with E-state index < -0.39 is 0 Å². The first-order valence-electron chi connectivity index (χ1n) is 7.78. The molecule has 0 aliphatic heterocycles. The van der Waals surface area contributed by atoms with E-state index in [1.165, 1.54) is 5.56 Å². The van der Waals surface area contributed by atoms with Crippen molar-refractivity contribution in [2.45, 2.75) is 41.5 Å². The average molecular weight is 323 g/mol. The zero-order valence-corrected chi connectivity index (χ0v) is 15.3. The molecule has 126 valence electrons. The van der Waals surface area contributed by atoms with Crippen molar-refractivity contribution in [1.29, 1.82) is 0 Å². The number of pyridine rings is 1. The van der Waals surface area contributed by atoms with Crippen molar-refractivity contribution in [3.05, 3.63) is 76.9 Å². The van der Waals surface area contributed by atoms with Gasteiger partial charge < -0.3 is 0 Å². The monoisotopic (exact) mass is 323 g/mol. The normalized spacial score (nSPS) is 9.25. The van der Waals surface area contributed by atoms with Gasteiger partial charge in [-0.1, -0.05) is 6.07 Å². The van der Waals surface area contributed by atoms with Crippen LogP contribution in [0.15, 0.2) is 42.9 Å². The summed E-state index contributed by atoms with van der Waals surface area (Å²) in [5, 5.41) is 7.66. The second-order valence-corrected chi connectivity index (χ2v) is 5.60. The number of nitrogens with zero attached hydrogens (tertiary/aromatic N) is 5. The molecule has 0 aliphatic carbocycles. The molecule has 5 heteroatoms. The summed E-state index contributed by atoms with van der Waals surface area (Å²) in [4.78, 5) is 12.0. The Bertz CT molecular complexity index is 538. The third-order valence-corrected chi connectivity index (χ3v) is 2.90. The Morgan fingerprint density at radius 3 is 1.29 bits per heavy atom. The zero-order chi connectivity index (χ0) is 17.9. The molecular formula is C19H25N5. The highest BCUT2D eigenvalue weighted by Gasteiger charge is 1.83. The molecule has 0 aliphatic rings. The van der Waals surface area contributed by atoms with Crippen LogP contribution in [0.4, 0.5) is 0 Å². The Kier molecular flexibility index (Phi) is 8.19. The maximum Gasteiger partial charge on any atom is 0.125 e. The quantitative estimate of drug-likeness (QED) is 0.628. The standard InChI is InChI=1S/C7H9N.2C6H8N2/c1-6-3-4-7(2)8-5-6;1-5-3-7-6(2)8-4-5;1-5-3-4-6(2)8-7-5/h3-5H,1-2H3;2*3-4H,1-2H3. The van der Waals surface area contributed by atoms with Gasteiger partial charge in [0.25, 0.3) is 0 Å². The highest BCUT2D eigenvalue weighted by Crippen LogP contribution is 1.94. The summed E-state index contributed by atoms with van der Waals surface area (Å²) < 4.78 is 0. The molecule has 5 nitrogen and oxygen atoms in total. The number of aryl methyl sites for hydroxylation is 6. The molecule has 0 radical (unpaired) electrons. The summed E-state index contributed by atoms with van der Waals surface area (Å²) in [6.45, 7) is 11.7. The van der Waals surface area contributed by atoms with Crippen molar-refractivity contribution < 1.29 is 0 Å². The first kappa shape index (κ1) is 19.4. The van der Waals surface area contributed by atoms with E-state index in [-0.39, 0.29) is 0 Å². The molecule has 0 unspecified atom stereocenters. The minimum atomic E-state index is 0.829. The van der Waals surface area contributed by atoms with Gasteiger partial charge in [0.15, 0.2) is 0 Å². The van der Waals surface area contributed by atoms with Crippen molar-refractivity contribution in [1.82, 2.24) is 25.1 Å². The second kappa shape index (κ2) is 10.2. The predicted octanol–water partition coefficient (Wildman–Crippen LogP) is 3.89. The van der Waals surface area contributed by atoms with E-state index in [1.54, 1.807) is 0 Å². The van der Waals surface area contributed by atoms with Crippen LogP contribution in [-0.2, 0) is 0 Å². The molecule has 0 aromatic carbocycles. The van der Waals surface area contributed by atoms with E-state index >= 15 is 0 Å². The van der Waals surface area contributed by atoms with Gasteiger partial charge in [0.05, 0.1) is 11.4 Å². The third-order valence-electron chi connectivity index (χ3n) is 2.90. The Hall–Kier alpha value is -2.69. The Morgan fingerprint density at radius 1 is 0.500 bits per heavy atom. The summed E-state index contributed by atoms with van der Waals surface area (Å²) in [6, 6.07) is 7.96. The summed E-state index contributed by atoms with van der Waals surface area (Å²) >= 11 is 0. The van der Waals surface area contributed by atoms with Gasteiger partial charge in [-0.15, -0.1) is 0 Å². The Labute approximate surface area is 144 Å². The van der Waals surface area contributed by atoms with Crippen molar-refractivity contribution in [3.63, 3.8) is 0 Å². The summed E-state index contributed by atoms with van der Waals surface area (Å²) in [6.07, 6.45) is 5.49. The first-order chi connectivity index (χ1) is 11.4. The van der Waals surface area contributed by atoms with Gasteiger partial charge in [-0.3, -0.25) is 4.98 Å². The second-order valence-electron chi connectivity index (χ2n) is 5.60. The van der Waals surface area contributed by atoms with Crippen LogP contribution in [0.2, 0.25) is 0 Å². The lowest BCUT2D eigenvalue weighted by atomic mass is 10.3. The molecule has 0 spiro atoms. The lowest BCUT2D eigenvalue weighted by Crippen LogP contribution is -1.86. The summed E-state index contributed by atoms with van der Waals surface area (Å²) in [5.41, 5.74) is 5.34. The van der Waals surface area contributed by atoms with E-state index in [2.05, 4.69) is 31.2 Å². The van der Waals surface area contributed by atoms with Crippen LogP contribution in [0.5, 0.6) is 0 Å². The maximum atomic E-state index is 4.08. The van der Waals surface area contributed by atoms with Gasteiger partial charge >= 0.3 is 0 Å². The van der Waals surface area contributed by atoms with Gasteiger partial charge in [-0.05, 0) is 70.9 Å². The SMILES string of the molecule is Cc1ccc(C)nc1.Cc1ccc(C)nn1.Cc1cnc(C)nc1. The molecule has 0 bridgehead atoms. The number of hydrogen-bond acceptors (Lipinski definition) is 5. The fraction of sp³-hybridized carbons (Fsp3) is 0.316. The van der Waals surface area contributed by atoms with Crippen molar-refractivity contribution in [2.75, 3.05) is 0 Å². The molecule has 0 amide bonds. The van der Waals surface area contributed by atoms with Crippen LogP contribution in [0.3, 0.4) is 0 Å². The van der Waals surface area contributed by atoms with Gasteiger partial charge in [-0.2, -0.15) is 10.2 Å². The molecular weight excluding hydrogens is 298 g/mol. The molecule has 0 N–H and O–H groups in total. The fourth-order valence-electron chi connectivity index (χ4n) is 1.46. The lowest BCUT2D eigenvalue weighted by Gasteiger charge is -1.89. The Morgan fingerprint density at radius 2 is 0.958 bits per heavy atom. The fourth-order valence-corrected chi connectivity index (χ4v) is 1.46. The molecule has 24 heavy (non-hydrogen) atoms. The molecule has 3 aromatic rings. The van der Waals surface area contributed by atoms with Gasteiger partial charge in [0.1, 0.15) is 5.82 Å². The summed E-state index contributed by atoms with van der Waals surface area (Å²) in [7, 11) is 0. The minimum absolute atomic E-state index is 0.829. The van der Waals surface area contributed by atoms with Crippen LogP contribution < -0.4 is 0 Å². The average Bonchev–Trinajstić information content (AvgIpc) is 2.57. The minimum Gasteiger partial charge on any atom is -0.261 e. The Balaban J connectivity index is 0.000000180. The molecule has 3 rings (SSSR count). The van der Waals surface area contributed by atoms with E-state index in [1.807, 2.05) is 78.3 Å². The van der Waals surface area contributed by atoms with Crippen LogP contribution in [-0.4, -0.2) is 25.1 Å². The first-order valence-corrected chi connectivity index (χ1v) is 7.78. The van der Waals surface area contributed by atoms with Crippen LogP contribution in [0.1, 0.15) is 34.0 Å². The largest absolute Gasteiger partial charge is 0.261 e. The van der Waals surface area contributed by atoms with Crippen molar-refractivity contribution >= 4 is 0 Å². The molecule has 0 atom stereocenters. The molecule has 0 saturated carbocycles. The number of aromatic nitrogens is 5. The van der Waals surface area contributed by atoms with Crippen molar-refractivity contribution in [3.8, 4) is 0 Å². The zero-order valence-electron chi connectivity index (χ0n) is 15.3. The lowest BCUT2D eigenvalue weighted by molar-refractivity contribution is 0.941. The highest BCUT2D eigenvalue weighted by molar-refractivity contribution is 5.10. The van der Waals surface area contributed by atoms with Gasteiger partial charge in [0, 0.05) is 24.3 Å². The van der Waals surface area contributed by atoms with Crippen LogP contribution in [0, 0.1) is 41.5 Å². The molecule has 0 fully saturated rings. The molecule has 0 saturated heterocycles. The molecule has 3 heterocycles. The highest BCUT2D eigenvalue weighted by atomic mass is 15.1.